The number of likely N-dealkylation sites (N-methyl/N-ethyl adjacent to an activating group) is 1. The summed E-state index contributed by atoms with van der Waals surface area (Å²) >= 11 is 0. The van der Waals surface area contributed by atoms with Gasteiger partial charge in [0.2, 0.25) is 0 Å². The van der Waals surface area contributed by atoms with Crippen LogP contribution in [0.3, 0.4) is 0 Å². The van der Waals surface area contributed by atoms with Crippen LogP contribution in [0, 0.1) is 0 Å². The van der Waals surface area contributed by atoms with Crippen LogP contribution in [0.15, 0.2) is 12.4 Å². The number of nitrogens with zero attached hydrogens (tertiary/aromatic N) is 4. The minimum Gasteiger partial charge on any atom is -0.353 e. The molecular formula is C14H21N5O3S. The van der Waals surface area contributed by atoms with Crippen LogP contribution in [0.2, 0.25) is 0 Å². The zero-order valence-electron chi connectivity index (χ0n) is 13.1. The minimum atomic E-state index is -3.01. The Morgan fingerprint density at radius 3 is 2.52 bits per heavy atom. The van der Waals surface area contributed by atoms with E-state index in [0.29, 0.717) is 6.42 Å². The molecule has 1 amide bonds. The average Bonchev–Trinajstić information content (AvgIpc) is 2.87. The molecule has 0 saturated carbocycles. The molecule has 23 heavy (non-hydrogen) atoms. The average molecular weight is 339 g/mol. The zero-order chi connectivity index (χ0) is 16.4. The Bertz CT molecular complexity index is 668. The Morgan fingerprint density at radius 2 is 1.96 bits per heavy atom. The lowest BCUT2D eigenvalue weighted by molar-refractivity contribution is 0.0935. The molecule has 0 aromatic carbocycles. The molecule has 9 heteroatoms. The highest BCUT2D eigenvalue weighted by molar-refractivity contribution is 7.91. The van der Waals surface area contributed by atoms with Crippen molar-refractivity contribution < 1.29 is 13.2 Å². The second-order valence-electron chi connectivity index (χ2n) is 6.12. The summed E-state index contributed by atoms with van der Waals surface area (Å²) < 4.78 is 22.8. The summed E-state index contributed by atoms with van der Waals surface area (Å²) in [7, 11) is -0.927. The lowest BCUT2D eigenvalue weighted by Crippen LogP contribution is -2.45. The third kappa shape index (κ3) is 3.97. The number of aromatic nitrogens is 2. The van der Waals surface area contributed by atoms with E-state index in [0.717, 1.165) is 32.0 Å². The van der Waals surface area contributed by atoms with Crippen molar-refractivity contribution in [2.24, 2.45) is 0 Å². The van der Waals surface area contributed by atoms with Crippen molar-refractivity contribution in [1.29, 1.82) is 0 Å². The van der Waals surface area contributed by atoms with Gasteiger partial charge in [-0.2, -0.15) is 0 Å². The van der Waals surface area contributed by atoms with Gasteiger partial charge in [0.15, 0.2) is 9.84 Å². The van der Waals surface area contributed by atoms with Gasteiger partial charge in [-0.15, -0.1) is 0 Å². The molecule has 2 aliphatic rings. The number of hydrogen-bond donors (Lipinski definition) is 1. The topological polar surface area (TPSA) is 95.5 Å². The Balaban J connectivity index is 1.59. The lowest BCUT2D eigenvalue weighted by atomic mass is 10.2. The highest BCUT2D eigenvalue weighted by Crippen LogP contribution is 2.13. The van der Waals surface area contributed by atoms with Crippen molar-refractivity contribution in [2.45, 2.75) is 12.5 Å². The van der Waals surface area contributed by atoms with E-state index in [4.69, 9.17) is 0 Å². The smallest absolute Gasteiger partial charge is 0.271 e. The van der Waals surface area contributed by atoms with Crippen LogP contribution in [0.5, 0.6) is 0 Å². The van der Waals surface area contributed by atoms with Gasteiger partial charge in [0.05, 0.1) is 23.9 Å². The van der Waals surface area contributed by atoms with Gasteiger partial charge in [-0.3, -0.25) is 4.79 Å². The van der Waals surface area contributed by atoms with Gasteiger partial charge in [-0.25, -0.2) is 18.4 Å². The third-order valence-corrected chi connectivity index (χ3v) is 6.03. The quantitative estimate of drug-likeness (QED) is 0.766. The van der Waals surface area contributed by atoms with E-state index in [2.05, 4.69) is 32.1 Å². The molecule has 2 aliphatic heterocycles. The molecule has 1 N–H and O–H groups in total. The fourth-order valence-corrected chi connectivity index (χ4v) is 4.48. The normalized spacial score (nSPS) is 24.6. The minimum absolute atomic E-state index is 0.00550. The molecule has 3 heterocycles. The van der Waals surface area contributed by atoms with Gasteiger partial charge >= 0.3 is 0 Å². The van der Waals surface area contributed by atoms with Crippen LogP contribution < -0.4 is 10.2 Å². The Morgan fingerprint density at radius 1 is 1.22 bits per heavy atom. The number of sulfone groups is 1. The van der Waals surface area contributed by atoms with Gasteiger partial charge in [0.1, 0.15) is 11.5 Å². The first-order chi connectivity index (χ1) is 10.9. The molecule has 0 spiro atoms. The molecule has 8 nitrogen and oxygen atoms in total. The monoisotopic (exact) mass is 339 g/mol. The number of carbonyl (C=O) groups is 1. The molecule has 1 aromatic rings. The van der Waals surface area contributed by atoms with Crippen molar-refractivity contribution >= 4 is 21.6 Å². The number of hydrogen-bond acceptors (Lipinski definition) is 7. The zero-order valence-corrected chi connectivity index (χ0v) is 13.9. The number of carbonyl (C=O) groups excluding carboxylic acids is 1. The maximum absolute atomic E-state index is 12.1. The molecule has 0 aliphatic carbocycles. The van der Waals surface area contributed by atoms with Gasteiger partial charge in [-0.05, 0) is 13.5 Å². The lowest BCUT2D eigenvalue weighted by Gasteiger charge is -2.32. The number of rotatable bonds is 3. The summed E-state index contributed by atoms with van der Waals surface area (Å²) in [4.78, 5) is 25.0. The molecule has 126 valence electrons. The molecule has 1 unspecified atom stereocenters. The van der Waals surface area contributed by atoms with Gasteiger partial charge in [-0.1, -0.05) is 0 Å². The first-order valence-electron chi connectivity index (χ1n) is 7.70. The molecule has 2 fully saturated rings. The van der Waals surface area contributed by atoms with E-state index >= 15 is 0 Å². The Labute approximate surface area is 135 Å². The Hall–Kier alpha value is -1.74. The van der Waals surface area contributed by atoms with E-state index in [1.165, 1.54) is 6.20 Å². The van der Waals surface area contributed by atoms with Crippen molar-refractivity contribution in [3.8, 4) is 0 Å². The van der Waals surface area contributed by atoms with Gasteiger partial charge in [0.25, 0.3) is 5.91 Å². The van der Waals surface area contributed by atoms with E-state index in [9.17, 15) is 13.2 Å². The second kappa shape index (κ2) is 6.40. The van der Waals surface area contributed by atoms with E-state index in [-0.39, 0.29) is 29.1 Å². The predicted octanol–water partition coefficient (Wildman–Crippen LogP) is -0.855. The summed E-state index contributed by atoms with van der Waals surface area (Å²) in [6.45, 7) is 3.72. The number of nitrogens with one attached hydrogen (secondary N) is 1. The van der Waals surface area contributed by atoms with Crippen LogP contribution in [-0.2, 0) is 9.84 Å². The Kier molecular flexibility index (Phi) is 4.49. The van der Waals surface area contributed by atoms with Gasteiger partial charge in [0, 0.05) is 32.2 Å². The fraction of sp³-hybridized carbons (Fsp3) is 0.643. The van der Waals surface area contributed by atoms with Crippen LogP contribution in [-0.4, -0.2) is 80.0 Å². The van der Waals surface area contributed by atoms with Crippen LogP contribution in [0.4, 0.5) is 5.82 Å². The van der Waals surface area contributed by atoms with E-state index in [1.807, 2.05) is 0 Å². The second-order valence-corrected chi connectivity index (χ2v) is 8.35. The summed E-state index contributed by atoms with van der Waals surface area (Å²) in [5, 5.41) is 2.71. The largest absolute Gasteiger partial charge is 0.353 e. The standard InChI is InChI=1S/C14H21N5O3S/c1-18-3-5-19(6-4-18)13-9-15-12(8-16-13)14(20)17-11-2-7-23(21,22)10-11/h8-9,11H,2-7,10H2,1H3,(H,17,20). The van der Waals surface area contributed by atoms with Crippen molar-refractivity contribution in [3.05, 3.63) is 18.1 Å². The molecular weight excluding hydrogens is 318 g/mol. The summed E-state index contributed by atoms with van der Waals surface area (Å²) in [6.07, 6.45) is 3.51. The van der Waals surface area contributed by atoms with Gasteiger partial charge < -0.3 is 15.1 Å². The summed E-state index contributed by atoms with van der Waals surface area (Å²) in [6, 6.07) is -0.327. The first kappa shape index (κ1) is 16.1. The summed E-state index contributed by atoms with van der Waals surface area (Å²) in [5.74, 6) is 0.528. The van der Waals surface area contributed by atoms with Crippen LogP contribution in [0.1, 0.15) is 16.9 Å². The van der Waals surface area contributed by atoms with Crippen molar-refractivity contribution in [3.63, 3.8) is 0 Å². The maximum Gasteiger partial charge on any atom is 0.271 e. The number of amides is 1. The molecule has 1 atom stereocenters. The molecule has 0 radical (unpaired) electrons. The van der Waals surface area contributed by atoms with E-state index < -0.39 is 9.84 Å². The molecule has 1 aromatic heterocycles. The summed E-state index contributed by atoms with van der Waals surface area (Å²) in [5.41, 5.74) is 0.215. The SMILES string of the molecule is CN1CCN(c2cnc(C(=O)NC3CCS(=O)(=O)C3)cn2)CC1. The molecule has 0 bridgehead atoms. The van der Waals surface area contributed by atoms with Crippen LogP contribution >= 0.6 is 0 Å². The van der Waals surface area contributed by atoms with E-state index in [1.54, 1.807) is 6.20 Å². The fourth-order valence-electron chi connectivity index (χ4n) is 2.81. The third-order valence-electron chi connectivity index (χ3n) is 4.27. The first-order valence-corrected chi connectivity index (χ1v) is 9.52. The maximum atomic E-state index is 12.1. The molecule has 3 rings (SSSR count). The van der Waals surface area contributed by atoms with Crippen molar-refractivity contribution in [2.75, 3.05) is 49.6 Å². The van der Waals surface area contributed by atoms with Crippen LogP contribution in [0.25, 0.3) is 0 Å². The number of anilines is 1. The molecule has 2 saturated heterocycles. The predicted molar refractivity (Wildman–Crippen MR) is 86.3 cm³/mol. The highest BCUT2D eigenvalue weighted by atomic mass is 32.2. The highest BCUT2D eigenvalue weighted by Gasteiger charge is 2.29. The number of piperazine rings is 1. The van der Waals surface area contributed by atoms with Crippen molar-refractivity contribution in [1.82, 2.24) is 20.2 Å².